The van der Waals surface area contributed by atoms with E-state index in [9.17, 15) is 4.79 Å². The first-order chi connectivity index (χ1) is 9.76. The quantitative estimate of drug-likeness (QED) is 0.892. The van der Waals surface area contributed by atoms with Crippen LogP contribution in [-0.2, 0) is 0 Å². The molecule has 1 saturated carbocycles. The molecule has 1 aromatic rings. The molecule has 0 radical (unpaired) electrons. The zero-order chi connectivity index (χ0) is 13.9. The molecule has 104 valence electrons. The van der Waals surface area contributed by atoms with E-state index < -0.39 is 0 Å². The van der Waals surface area contributed by atoms with Crippen molar-refractivity contribution in [3.63, 3.8) is 0 Å². The molecular weight excluding hydrogens is 252 g/mol. The first-order valence-corrected chi connectivity index (χ1v) is 7.06. The molecule has 2 fully saturated rings. The number of rotatable bonds is 2. The van der Waals surface area contributed by atoms with Crippen LogP contribution in [0.5, 0.6) is 0 Å². The minimum Gasteiger partial charge on any atom is -0.322 e. The molecule has 1 aliphatic carbocycles. The molecule has 1 aliphatic heterocycles. The van der Waals surface area contributed by atoms with Crippen LogP contribution in [0.1, 0.15) is 18.4 Å². The molecular formula is C15H18N4O. The largest absolute Gasteiger partial charge is 0.322 e. The molecule has 20 heavy (non-hydrogen) atoms. The second-order valence-electron chi connectivity index (χ2n) is 5.38. The topological polar surface area (TPSA) is 59.4 Å². The van der Waals surface area contributed by atoms with Crippen molar-refractivity contribution in [1.29, 1.82) is 5.26 Å². The van der Waals surface area contributed by atoms with Crippen molar-refractivity contribution >= 4 is 11.7 Å². The molecule has 2 aliphatic rings. The van der Waals surface area contributed by atoms with Crippen LogP contribution >= 0.6 is 0 Å². The molecule has 0 spiro atoms. The van der Waals surface area contributed by atoms with Gasteiger partial charge in [-0.05, 0) is 31.0 Å². The zero-order valence-electron chi connectivity index (χ0n) is 11.4. The highest BCUT2D eigenvalue weighted by atomic mass is 16.2. The lowest BCUT2D eigenvalue weighted by Crippen LogP contribution is -2.50. The lowest BCUT2D eigenvalue weighted by Gasteiger charge is -2.34. The molecule has 0 unspecified atom stereocenters. The Hall–Kier alpha value is -2.06. The van der Waals surface area contributed by atoms with Gasteiger partial charge in [0, 0.05) is 37.9 Å². The van der Waals surface area contributed by atoms with Crippen molar-refractivity contribution in [2.75, 3.05) is 31.5 Å². The molecule has 0 bridgehead atoms. The van der Waals surface area contributed by atoms with Gasteiger partial charge in [0.2, 0.25) is 0 Å². The van der Waals surface area contributed by atoms with E-state index in [4.69, 9.17) is 5.26 Å². The fourth-order valence-electron chi connectivity index (χ4n) is 2.60. The number of nitrogens with zero attached hydrogens (tertiary/aromatic N) is 3. The van der Waals surface area contributed by atoms with Crippen LogP contribution in [0.25, 0.3) is 0 Å². The smallest absolute Gasteiger partial charge is 0.321 e. The second kappa shape index (κ2) is 5.51. The standard InChI is InChI=1S/C15H18N4O/c16-11-12-2-1-3-13(10-12)17-15(20)19-8-6-18(7-9-19)14-4-5-14/h1-3,10,14H,4-9H2,(H,17,20). The summed E-state index contributed by atoms with van der Waals surface area (Å²) in [5, 5.41) is 11.7. The molecule has 1 saturated heterocycles. The highest BCUT2D eigenvalue weighted by Gasteiger charge is 2.32. The van der Waals surface area contributed by atoms with Gasteiger partial charge in [0.1, 0.15) is 0 Å². The number of carbonyl (C=O) groups excluding carboxylic acids is 1. The van der Waals surface area contributed by atoms with Gasteiger partial charge in [0.05, 0.1) is 11.6 Å². The Balaban J connectivity index is 1.55. The fraction of sp³-hybridized carbons (Fsp3) is 0.467. The summed E-state index contributed by atoms with van der Waals surface area (Å²) in [6.45, 7) is 3.49. The third-order valence-electron chi connectivity index (χ3n) is 3.91. The Bertz CT molecular complexity index is 539. The van der Waals surface area contributed by atoms with Crippen molar-refractivity contribution in [2.45, 2.75) is 18.9 Å². The number of amides is 2. The van der Waals surface area contributed by atoms with Crippen LogP contribution in [0.2, 0.25) is 0 Å². The van der Waals surface area contributed by atoms with Gasteiger partial charge in [-0.15, -0.1) is 0 Å². The summed E-state index contributed by atoms with van der Waals surface area (Å²) in [7, 11) is 0. The summed E-state index contributed by atoms with van der Waals surface area (Å²) >= 11 is 0. The molecule has 1 heterocycles. The number of nitrogens with one attached hydrogen (secondary N) is 1. The highest BCUT2D eigenvalue weighted by molar-refractivity contribution is 5.89. The number of benzene rings is 1. The predicted molar refractivity (Wildman–Crippen MR) is 76.3 cm³/mol. The third-order valence-corrected chi connectivity index (χ3v) is 3.91. The van der Waals surface area contributed by atoms with Gasteiger partial charge < -0.3 is 10.2 Å². The molecule has 5 nitrogen and oxygen atoms in total. The zero-order valence-corrected chi connectivity index (χ0v) is 11.4. The molecule has 2 amide bonds. The lowest BCUT2D eigenvalue weighted by molar-refractivity contribution is 0.142. The maximum Gasteiger partial charge on any atom is 0.321 e. The van der Waals surface area contributed by atoms with Gasteiger partial charge in [-0.3, -0.25) is 4.90 Å². The summed E-state index contributed by atoms with van der Waals surface area (Å²) in [6.07, 6.45) is 2.63. The van der Waals surface area contributed by atoms with Gasteiger partial charge >= 0.3 is 6.03 Å². The minimum absolute atomic E-state index is 0.0736. The average molecular weight is 270 g/mol. The predicted octanol–water partition coefficient (Wildman–Crippen LogP) is 1.87. The van der Waals surface area contributed by atoms with Crippen LogP contribution in [-0.4, -0.2) is 48.1 Å². The maximum atomic E-state index is 12.2. The SMILES string of the molecule is N#Cc1cccc(NC(=O)N2CCN(C3CC3)CC2)c1. The molecule has 0 aromatic heterocycles. The van der Waals surface area contributed by atoms with E-state index in [0.29, 0.717) is 11.3 Å². The number of hydrogen-bond donors (Lipinski definition) is 1. The van der Waals surface area contributed by atoms with E-state index in [1.165, 1.54) is 12.8 Å². The van der Waals surface area contributed by atoms with E-state index in [-0.39, 0.29) is 6.03 Å². The Morgan fingerprint density at radius 3 is 2.65 bits per heavy atom. The van der Waals surface area contributed by atoms with E-state index in [2.05, 4.69) is 16.3 Å². The Morgan fingerprint density at radius 2 is 2.00 bits per heavy atom. The van der Waals surface area contributed by atoms with Crippen LogP contribution < -0.4 is 5.32 Å². The third kappa shape index (κ3) is 2.91. The van der Waals surface area contributed by atoms with Crippen molar-refractivity contribution in [3.8, 4) is 6.07 Å². The Labute approximate surface area is 118 Å². The van der Waals surface area contributed by atoms with Gasteiger partial charge in [-0.1, -0.05) is 6.07 Å². The molecule has 0 atom stereocenters. The Morgan fingerprint density at radius 1 is 1.25 bits per heavy atom. The van der Waals surface area contributed by atoms with E-state index >= 15 is 0 Å². The maximum absolute atomic E-state index is 12.2. The van der Waals surface area contributed by atoms with Crippen molar-refractivity contribution in [1.82, 2.24) is 9.80 Å². The average Bonchev–Trinajstić information content (AvgIpc) is 3.32. The van der Waals surface area contributed by atoms with E-state index in [0.717, 1.165) is 32.2 Å². The van der Waals surface area contributed by atoms with Gasteiger partial charge in [0.15, 0.2) is 0 Å². The number of piperazine rings is 1. The summed E-state index contributed by atoms with van der Waals surface area (Å²) < 4.78 is 0. The van der Waals surface area contributed by atoms with Crippen LogP contribution in [0, 0.1) is 11.3 Å². The highest BCUT2D eigenvalue weighted by Crippen LogP contribution is 2.27. The normalized spacial score (nSPS) is 19.4. The van der Waals surface area contributed by atoms with Crippen molar-refractivity contribution in [3.05, 3.63) is 29.8 Å². The number of nitriles is 1. The number of anilines is 1. The lowest BCUT2D eigenvalue weighted by atomic mass is 10.2. The van der Waals surface area contributed by atoms with Crippen LogP contribution in [0.3, 0.4) is 0 Å². The fourth-order valence-corrected chi connectivity index (χ4v) is 2.60. The first-order valence-electron chi connectivity index (χ1n) is 7.06. The molecule has 1 N–H and O–H groups in total. The summed E-state index contributed by atoms with van der Waals surface area (Å²) in [6, 6.07) is 9.77. The van der Waals surface area contributed by atoms with Crippen molar-refractivity contribution < 1.29 is 4.79 Å². The Kier molecular flexibility index (Phi) is 3.57. The number of hydrogen-bond acceptors (Lipinski definition) is 3. The monoisotopic (exact) mass is 270 g/mol. The molecule has 1 aromatic carbocycles. The van der Waals surface area contributed by atoms with Gasteiger partial charge in [0.25, 0.3) is 0 Å². The molecule has 5 heteroatoms. The first kappa shape index (κ1) is 12.9. The summed E-state index contributed by atoms with van der Waals surface area (Å²) in [4.78, 5) is 16.5. The minimum atomic E-state index is -0.0736. The second-order valence-corrected chi connectivity index (χ2v) is 5.38. The van der Waals surface area contributed by atoms with E-state index in [1.54, 1.807) is 24.3 Å². The van der Waals surface area contributed by atoms with E-state index in [1.807, 2.05) is 4.90 Å². The van der Waals surface area contributed by atoms with Crippen molar-refractivity contribution in [2.24, 2.45) is 0 Å². The van der Waals surface area contributed by atoms with Crippen LogP contribution in [0.4, 0.5) is 10.5 Å². The van der Waals surface area contributed by atoms with Gasteiger partial charge in [-0.25, -0.2) is 4.79 Å². The number of urea groups is 1. The number of carbonyl (C=O) groups is 1. The summed E-state index contributed by atoms with van der Waals surface area (Å²) in [5.41, 5.74) is 1.24. The summed E-state index contributed by atoms with van der Waals surface area (Å²) in [5.74, 6) is 0. The van der Waals surface area contributed by atoms with Gasteiger partial charge in [-0.2, -0.15) is 5.26 Å². The van der Waals surface area contributed by atoms with Crippen LogP contribution in [0.15, 0.2) is 24.3 Å². The molecule has 3 rings (SSSR count).